The summed E-state index contributed by atoms with van der Waals surface area (Å²) >= 11 is 0. The van der Waals surface area contributed by atoms with Crippen molar-refractivity contribution in [3.05, 3.63) is 41.3 Å². The summed E-state index contributed by atoms with van der Waals surface area (Å²) in [5, 5.41) is 16.9. The third kappa shape index (κ3) is 1.54. The summed E-state index contributed by atoms with van der Waals surface area (Å²) in [4.78, 5) is 0. The van der Waals surface area contributed by atoms with E-state index in [1.807, 2.05) is 18.0 Å². The molecule has 2 heteroatoms. The van der Waals surface area contributed by atoms with E-state index in [9.17, 15) is 0 Å². The Balaban J connectivity index is 3.15. The van der Waals surface area contributed by atoms with Gasteiger partial charge in [0, 0.05) is 0 Å². The lowest BCUT2D eigenvalue weighted by atomic mass is 10.1. The van der Waals surface area contributed by atoms with Crippen molar-refractivity contribution >= 4 is 11.4 Å². The highest BCUT2D eigenvalue weighted by atomic mass is 14.3. The molecule has 0 aliphatic heterocycles. The zero-order valence-corrected chi connectivity index (χ0v) is 5.78. The van der Waals surface area contributed by atoms with Gasteiger partial charge in [0.2, 0.25) is 0 Å². The Kier molecular flexibility index (Phi) is 2.22. The van der Waals surface area contributed by atoms with Crippen molar-refractivity contribution in [2.24, 2.45) is 0 Å². The zero-order chi connectivity index (χ0) is 8.10. The maximum Gasteiger partial charge on any atom is 0.106 e. The minimum absolute atomic E-state index is 0.158. The first-order valence-corrected chi connectivity index (χ1v) is 3.11. The Morgan fingerprint density at radius 3 is 2.36 bits per heavy atom. The van der Waals surface area contributed by atoms with E-state index in [0.717, 1.165) is 0 Å². The van der Waals surface area contributed by atoms with E-state index in [1.54, 1.807) is 24.3 Å². The largest absolute Gasteiger partial charge is 0.762 e. The molecule has 0 spiro atoms. The molecule has 0 aromatic heterocycles. The number of rotatable bonds is 1. The van der Waals surface area contributed by atoms with Crippen molar-refractivity contribution in [2.45, 2.75) is 0 Å². The van der Waals surface area contributed by atoms with Crippen molar-refractivity contribution in [1.82, 2.24) is 0 Å². The molecule has 0 heterocycles. The Hall–Kier alpha value is -1.84. The van der Waals surface area contributed by atoms with Crippen LogP contribution in [0, 0.1) is 11.3 Å². The Morgan fingerprint density at radius 2 is 1.91 bits per heavy atom. The Bertz CT molecular complexity index is 326. The van der Waals surface area contributed by atoms with Crippen LogP contribution in [0.1, 0.15) is 5.56 Å². The van der Waals surface area contributed by atoms with Gasteiger partial charge in [-0.1, -0.05) is 30.3 Å². The van der Waals surface area contributed by atoms with Gasteiger partial charge in [0.25, 0.3) is 0 Å². The van der Waals surface area contributed by atoms with Crippen molar-refractivity contribution in [3.8, 4) is 6.07 Å². The van der Waals surface area contributed by atoms with Gasteiger partial charge in [0.1, 0.15) is 6.07 Å². The molecule has 0 atom stereocenters. The lowest BCUT2D eigenvalue weighted by Gasteiger charge is -1.94. The number of allylic oxidation sites excluding steroid dienone is 1. The van der Waals surface area contributed by atoms with Crippen LogP contribution >= 0.6 is 0 Å². The number of nitriles is 1. The van der Waals surface area contributed by atoms with E-state index in [0.29, 0.717) is 5.56 Å². The quantitative estimate of drug-likeness (QED) is 0.434. The maximum atomic E-state index is 8.47. The highest BCUT2D eigenvalue weighted by Gasteiger charge is 1.93. The Labute approximate surface area is 64.9 Å². The third-order valence-electron chi connectivity index (χ3n) is 1.29. The number of hydrogen-bond donors (Lipinski definition) is 0. The van der Waals surface area contributed by atoms with Gasteiger partial charge in [-0.2, -0.15) is 5.26 Å². The van der Waals surface area contributed by atoms with Crippen LogP contribution in [0.15, 0.2) is 30.3 Å². The van der Waals surface area contributed by atoms with Crippen molar-refractivity contribution in [1.29, 1.82) is 5.26 Å². The summed E-state index contributed by atoms with van der Waals surface area (Å²) in [6, 6.07) is 10.7. The summed E-state index contributed by atoms with van der Waals surface area (Å²) < 4.78 is 0. The van der Waals surface area contributed by atoms with E-state index in [-0.39, 0.29) is 5.57 Å². The number of nitrogens with zero attached hydrogens (tertiary/aromatic N) is 2. The fourth-order valence-corrected chi connectivity index (χ4v) is 0.759. The van der Waals surface area contributed by atoms with Gasteiger partial charge in [-0.05, 0) is 5.56 Å². The topological polar surface area (TPSA) is 46.1 Å². The van der Waals surface area contributed by atoms with Crippen LogP contribution in [0.3, 0.4) is 0 Å². The molecule has 0 aliphatic rings. The monoisotopic (exact) mass is 141 g/mol. The predicted octanol–water partition coefficient (Wildman–Crippen LogP) is 1.83. The molecule has 0 amide bonds. The van der Waals surface area contributed by atoms with Crippen LogP contribution in [0.4, 0.5) is 0 Å². The molecule has 1 rings (SSSR count). The lowest BCUT2D eigenvalue weighted by Crippen LogP contribution is -1.78. The molecular formula is C9H5N2-. The first-order chi connectivity index (χ1) is 5.38. The Morgan fingerprint density at radius 1 is 1.27 bits per heavy atom. The molecule has 0 saturated heterocycles. The van der Waals surface area contributed by atoms with E-state index in [4.69, 9.17) is 10.7 Å². The third-order valence-corrected chi connectivity index (χ3v) is 1.29. The lowest BCUT2D eigenvalue weighted by molar-refractivity contribution is 1.53. The highest BCUT2D eigenvalue weighted by Crippen LogP contribution is 2.08. The van der Waals surface area contributed by atoms with Gasteiger partial charge in [-0.3, -0.25) is 0 Å². The summed E-state index contributed by atoms with van der Waals surface area (Å²) in [5.74, 6) is 1.82. The maximum absolute atomic E-state index is 8.47. The van der Waals surface area contributed by atoms with Gasteiger partial charge in [0.15, 0.2) is 0 Å². The van der Waals surface area contributed by atoms with E-state index in [2.05, 4.69) is 0 Å². The van der Waals surface area contributed by atoms with Crippen molar-refractivity contribution in [3.63, 3.8) is 0 Å². The molecule has 11 heavy (non-hydrogen) atoms. The number of hydrogen-bond acceptors (Lipinski definition) is 1. The second-order valence-electron chi connectivity index (χ2n) is 1.96. The van der Waals surface area contributed by atoms with E-state index < -0.39 is 0 Å². The van der Waals surface area contributed by atoms with Crippen LogP contribution in [0.2, 0.25) is 0 Å². The molecule has 0 unspecified atom stereocenters. The average molecular weight is 141 g/mol. The van der Waals surface area contributed by atoms with E-state index >= 15 is 0 Å². The first kappa shape index (κ1) is 7.27. The van der Waals surface area contributed by atoms with Gasteiger partial charge < -0.3 is 5.41 Å². The fourth-order valence-electron chi connectivity index (χ4n) is 0.759. The standard InChI is InChI=1S/C9H5N2/c10-6-9(7-11)8-4-2-1-3-5-8/h1-5H/q-1. The molecular weight excluding hydrogens is 136 g/mol. The van der Waals surface area contributed by atoms with Crippen LogP contribution in [0.25, 0.3) is 11.0 Å². The summed E-state index contributed by atoms with van der Waals surface area (Å²) in [5.41, 5.74) is 0.836. The van der Waals surface area contributed by atoms with Crippen LogP contribution < -0.4 is 0 Å². The highest BCUT2D eigenvalue weighted by molar-refractivity contribution is 5.98. The number of benzene rings is 1. The molecule has 1 aromatic carbocycles. The first-order valence-electron chi connectivity index (χ1n) is 3.11. The van der Waals surface area contributed by atoms with Gasteiger partial charge in [0.05, 0.1) is 5.57 Å². The molecule has 52 valence electrons. The molecule has 1 aromatic rings. The molecule has 0 fully saturated rings. The van der Waals surface area contributed by atoms with Crippen molar-refractivity contribution < 1.29 is 0 Å². The normalized spacial score (nSPS) is 7.91. The van der Waals surface area contributed by atoms with Crippen molar-refractivity contribution in [2.75, 3.05) is 0 Å². The molecule has 0 aliphatic carbocycles. The molecule has 0 saturated carbocycles. The summed E-state index contributed by atoms with van der Waals surface area (Å²) in [6.07, 6.45) is 0. The SMILES string of the molecule is N#CC(=C=[N-])c1ccccc1. The van der Waals surface area contributed by atoms with Gasteiger partial charge in [-0.25, -0.2) is 5.87 Å². The minimum Gasteiger partial charge on any atom is -0.762 e. The van der Waals surface area contributed by atoms with Gasteiger partial charge in [-0.15, -0.1) is 0 Å². The van der Waals surface area contributed by atoms with Crippen LogP contribution in [-0.2, 0) is 0 Å². The van der Waals surface area contributed by atoms with Crippen LogP contribution in [-0.4, -0.2) is 5.87 Å². The molecule has 0 bridgehead atoms. The predicted molar refractivity (Wildman–Crippen MR) is 43.8 cm³/mol. The smallest absolute Gasteiger partial charge is 0.106 e. The van der Waals surface area contributed by atoms with Gasteiger partial charge >= 0.3 is 0 Å². The second-order valence-corrected chi connectivity index (χ2v) is 1.96. The second kappa shape index (κ2) is 3.36. The molecule has 2 nitrogen and oxygen atoms in total. The van der Waals surface area contributed by atoms with Crippen LogP contribution in [0.5, 0.6) is 0 Å². The zero-order valence-electron chi connectivity index (χ0n) is 5.78. The average Bonchev–Trinajstić information content (AvgIpc) is 2.09. The summed E-state index contributed by atoms with van der Waals surface area (Å²) in [6.45, 7) is 0. The minimum atomic E-state index is 0.158. The molecule has 0 N–H and O–H groups in total. The fraction of sp³-hybridized carbons (Fsp3) is 0. The summed E-state index contributed by atoms with van der Waals surface area (Å²) in [7, 11) is 0. The molecule has 0 radical (unpaired) electrons. The van der Waals surface area contributed by atoms with E-state index in [1.165, 1.54) is 0 Å².